The molecule has 0 radical (unpaired) electrons. The molecule has 1 aromatic heterocycles. The number of aromatic nitrogens is 1. The minimum atomic E-state index is -5.02. The van der Waals surface area contributed by atoms with Crippen LogP contribution in [-0.2, 0) is 16.5 Å². The summed E-state index contributed by atoms with van der Waals surface area (Å²) >= 11 is 2.97. The smallest absolute Gasteiger partial charge is 0.503 e. The molecule has 0 amide bonds. The second-order valence-electron chi connectivity index (χ2n) is 3.18. The van der Waals surface area contributed by atoms with Gasteiger partial charge in [0.25, 0.3) is 5.88 Å². The second kappa shape index (κ2) is 5.42. The maximum atomic E-state index is 12.0. The lowest BCUT2D eigenvalue weighted by atomic mass is 10.1. The largest absolute Gasteiger partial charge is 0.574 e. The standard InChI is InChI=1S/C9H7BrF3NO4/c10-3-5-1-4(2-6(15)16)7(17)8(14-5)18-9(11,12)13/h1,17H,2-3H2,(H,15,16). The third-order valence-electron chi connectivity index (χ3n) is 1.78. The Kier molecular flexibility index (Phi) is 4.38. The van der Waals surface area contributed by atoms with Crippen LogP contribution in [-0.4, -0.2) is 27.5 Å². The molecule has 1 rings (SSSR count). The molecular formula is C9H7BrF3NO4. The Hall–Kier alpha value is -1.51. The van der Waals surface area contributed by atoms with Crippen molar-refractivity contribution in [2.24, 2.45) is 0 Å². The number of hydrogen-bond acceptors (Lipinski definition) is 4. The maximum absolute atomic E-state index is 12.0. The van der Waals surface area contributed by atoms with Gasteiger partial charge in [-0.05, 0) is 6.07 Å². The maximum Gasteiger partial charge on any atom is 0.574 e. The number of nitrogens with zero attached hydrogens (tertiary/aromatic N) is 1. The van der Waals surface area contributed by atoms with Gasteiger partial charge in [-0.2, -0.15) is 0 Å². The molecule has 0 fully saturated rings. The summed E-state index contributed by atoms with van der Waals surface area (Å²) in [5, 5.41) is 18.1. The lowest BCUT2D eigenvalue weighted by molar-refractivity contribution is -0.276. The van der Waals surface area contributed by atoms with Crippen molar-refractivity contribution >= 4 is 21.9 Å². The third-order valence-corrected chi connectivity index (χ3v) is 2.36. The van der Waals surface area contributed by atoms with Gasteiger partial charge < -0.3 is 14.9 Å². The van der Waals surface area contributed by atoms with Gasteiger partial charge in [0.05, 0.1) is 12.1 Å². The van der Waals surface area contributed by atoms with Gasteiger partial charge in [-0.1, -0.05) is 15.9 Å². The number of ether oxygens (including phenoxy) is 1. The van der Waals surface area contributed by atoms with Crippen molar-refractivity contribution in [3.63, 3.8) is 0 Å². The average Bonchev–Trinajstić information content (AvgIpc) is 2.21. The zero-order chi connectivity index (χ0) is 13.9. The molecule has 0 aliphatic carbocycles. The van der Waals surface area contributed by atoms with Crippen LogP contribution in [0.25, 0.3) is 0 Å². The van der Waals surface area contributed by atoms with E-state index in [-0.39, 0.29) is 16.6 Å². The van der Waals surface area contributed by atoms with Crippen LogP contribution >= 0.6 is 15.9 Å². The van der Waals surface area contributed by atoms with Crippen molar-refractivity contribution in [3.05, 3.63) is 17.3 Å². The molecule has 2 N–H and O–H groups in total. The van der Waals surface area contributed by atoms with Gasteiger partial charge in [0, 0.05) is 10.9 Å². The third kappa shape index (κ3) is 4.06. The molecule has 1 heterocycles. The normalized spacial score (nSPS) is 11.3. The number of carboxylic acids is 1. The van der Waals surface area contributed by atoms with E-state index in [2.05, 4.69) is 25.7 Å². The highest BCUT2D eigenvalue weighted by Gasteiger charge is 2.34. The van der Waals surface area contributed by atoms with Crippen molar-refractivity contribution in [3.8, 4) is 11.6 Å². The molecule has 0 aliphatic rings. The van der Waals surface area contributed by atoms with Gasteiger partial charge in [-0.25, -0.2) is 4.98 Å². The van der Waals surface area contributed by atoms with Crippen LogP contribution in [0.15, 0.2) is 6.07 Å². The molecule has 0 aliphatic heterocycles. The zero-order valence-electron chi connectivity index (χ0n) is 8.66. The molecule has 0 aromatic carbocycles. The van der Waals surface area contributed by atoms with Crippen molar-refractivity contribution < 1.29 is 32.9 Å². The van der Waals surface area contributed by atoms with Crippen molar-refractivity contribution in [2.45, 2.75) is 18.1 Å². The van der Waals surface area contributed by atoms with E-state index < -0.39 is 30.4 Å². The minimum absolute atomic E-state index is 0.0914. The Labute approximate surface area is 107 Å². The summed E-state index contributed by atoms with van der Waals surface area (Å²) in [5.74, 6) is -3.29. The molecule has 0 saturated carbocycles. The summed E-state index contributed by atoms with van der Waals surface area (Å²) < 4.78 is 39.7. The molecule has 0 unspecified atom stereocenters. The lowest BCUT2D eigenvalue weighted by Crippen LogP contribution is -2.18. The zero-order valence-corrected chi connectivity index (χ0v) is 10.2. The van der Waals surface area contributed by atoms with E-state index in [0.29, 0.717) is 0 Å². The number of rotatable bonds is 4. The number of carbonyl (C=O) groups is 1. The quantitative estimate of drug-likeness (QED) is 0.828. The first-order valence-electron chi connectivity index (χ1n) is 4.48. The van der Waals surface area contributed by atoms with Gasteiger partial charge in [0.2, 0.25) is 0 Å². The van der Waals surface area contributed by atoms with E-state index in [1.807, 2.05) is 0 Å². The Morgan fingerprint density at radius 3 is 2.56 bits per heavy atom. The van der Waals surface area contributed by atoms with Crippen LogP contribution in [0, 0.1) is 0 Å². The second-order valence-corrected chi connectivity index (χ2v) is 3.74. The first-order valence-corrected chi connectivity index (χ1v) is 5.60. The summed E-state index contributed by atoms with van der Waals surface area (Å²) in [6, 6.07) is 1.18. The summed E-state index contributed by atoms with van der Waals surface area (Å²) in [5.41, 5.74) is -0.0884. The fourth-order valence-electron chi connectivity index (χ4n) is 1.17. The predicted octanol–water partition coefficient (Wildman–Crippen LogP) is 2.21. The van der Waals surface area contributed by atoms with E-state index in [0.717, 1.165) is 0 Å². The molecule has 0 atom stereocenters. The fourth-order valence-corrected chi connectivity index (χ4v) is 1.46. The van der Waals surface area contributed by atoms with E-state index in [9.17, 15) is 23.1 Å². The highest BCUT2D eigenvalue weighted by molar-refractivity contribution is 9.08. The summed E-state index contributed by atoms with van der Waals surface area (Å²) in [6.45, 7) is 0. The highest BCUT2D eigenvalue weighted by atomic mass is 79.9. The molecule has 0 saturated heterocycles. The number of alkyl halides is 4. The molecule has 18 heavy (non-hydrogen) atoms. The first kappa shape index (κ1) is 14.6. The van der Waals surface area contributed by atoms with E-state index in [1.54, 1.807) is 0 Å². The number of pyridine rings is 1. The Morgan fingerprint density at radius 2 is 2.11 bits per heavy atom. The fraction of sp³-hybridized carbons (Fsp3) is 0.333. The number of carboxylic acid groups (broad SMARTS) is 1. The molecule has 9 heteroatoms. The van der Waals surface area contributed by atoms with Crippen LogP contribution in [0.3, 0.4) is 0 Å². The van der Waals surface area contributed by atoms with Crippen molar-refractivity contribution in [1.82, 2.24) is 4.98 Å². The van der Waals surface area contributed by atoms with Crippen molar-refractivity contribution in [2.75, 3.05) is 0 Å². The molecule has 0 bridgehead atoms. The summed E-state index contributed by atoms with van der Waals surface area (Å²) in [6.07, 6.45) is -5.65. The number of aliphatic carboxylic acids is 1. The minimum Gasteiger partial charge on any atom is -0.503 e. The highest BCUT2D eigenvalue weighted by Crippen LogP contribution is 2.33. The monoisotopic (exact) mass is 329 g/mol. The van der Waals surface area contributed by atoms with Crippen molar-refractivity contribution in [1.29, 1.82) is 0 Å². The Morgan fingerprint density at radius 1 is 1.50 bits per heavy atom. The molecule has 5 nitrogen and oxygen atoms in total. The molecule has 1 aromatic rings. The van der Waals surface area contributed by atoms with Crippen LogP contribution in [0.2, 0.25) is 0 Å². The van der Waals surface area contributed by atoms with E-state index in [1.165, 1.54) is 6.07 Å². The van der Waals surface area contributed by atoms with Crippen LogP contribution in [0.5, 0.6) is 11.6 Å². The van der Waals surface area contributed by atoms with Gasteiger partial charge >= 0.3 is 12.3 Å². The molecule has 0 spiro atoms. The first-order chi connectivity index (χ1) is 8.23. The molecule has 100 valence electrons. The van der Waals surface area contributed by atoms with Gasteiger partial charge in [-0.15, -0.1) is 13.2 Å². The summed E-state index contributed by atoms with van der Waals surface area (Å²) in [4.78, 5) is 13.9. The van der Waals surface area contributed by atoms with Crippen LogP contribution in [0.1, 0.15) is 11.3 Å². The Bertz CT molecular complexity index is 464. The number of halogens is 4. The number of aromatic hydroxyl groups is 1. The average molecular weight is 330 g/mol. The van der Waals surface area contributed by atoms with E-state index in [4.69, 9.17) is 5.11 Å². The van der Waals surface area contributed by atoms with Crippen LogP contribution < -0.4 is 4.74 Å². The van der Waals surface area contributed by atoms with Gasteiger partial charge in [0.15, 0.2) is 5.75 Å². The summed E-state index contributed by atoms with van der Waals surface area (Å²) in [7, 11) is 0. The lowest BCUT2D eigenvalue weighted by Gasteiger charge is -2.12. The SMILES string of the molecule is O=C(O)Cc1cc(CBr)nc(OC(F)(F)F)c1O. The molecular weight excluding hydrogens is 323 g/mol. The Balaban J connectivity index is 3.20. The van der Waals surface area contributed by atoms with Gasteiger partial charge in [0.1, 0.15) is 0 Å². The topological polar surface area (TPSA) is 79.7 Å². The number of hydrogen-bond donors (Lipinski definition) is 2. The van der Waals surface area contributed by atoms with E-state index >= 15 is 0 Å². The predicted molar refractivity (Wildman–Crippen MR) is 56.6 cm³/mol. The van der Waals surface area contributed by atoms with Crippen LogP contribution in [0.4, 0.5) is 13.2 Å². The van der Waals surface area contributed by atoms with Gasteiger partial charge in [-0.3, -0.25) is 4.79 Å².